The van der Waals surface area contributed by atoms with Gasteiger partial charge in [-0.1, -0.05) is 12.1 Å². The number of sulfonamides is 1. The van der Waals surface area contributed by atoms with Crippen molar-refractivity contribution in [3.05, 3.63) is 29.8 Å². The maximum atomic E-state index is 12.8. The van der Waals surface area contributed by atoms with Gasteiger partial charge in [-0.3, -0.25) is 4.79 Å². The molecule has 1 aliphatic rings. The van der Waals surface area contributed by atoms with Gasteiger partial charge in [0.15, 0.2) is 0 Å². The van der Waals surface area contributed by atoms with Crippen LogP contribution in [0, 0.1) is 5.41 Å². The molecule has 0 bridgehead atoms. The Balaban J connectivity index is 2.27. The molecule has 0 aliphatic heterocycles. The predicted molar refractivity (Wildman–Crippen MR) is 65.9 cm³/mol. The predicted octanol–water partition coefficient (Wildman–Crippen LogP) is 1.85. The summed E-state index contributed by atoms with van der Waals surface area (Å²) in [5.74, 6) is -1.16. The summed E-state index contributed by atoms with van der Waals surface area (Å²) in [7, 11) is -4.43. The highest BCUT2D eigenvalue weighted by Gasteiger charge is 2.51. The molecule has 1 aromatic carbocycles. The molecule has 2 rings (SSSR count). The van der Waals surface area contributed by atoms with Gasteiger partial charge in [0.25, 0.3) is 0 Å². The number of nitrogens with one attached hydrogen (secondary N) is 1. The highest BCUT2D eigenvalue weighted by atomic mass is 32.2. The summed E-state index contributed by atoms with van der Waals surface area (Å²) in [6, 6.07) is 3.76. The highest BCUT2D eigenvalue weighted by molar-refractivity contribution is 7.89. The molecule has 0 amide bonds. The van der Waals surface area contributed by atoms with Crippen molar-refractivity contribution in [2.75, 3.05) is 6.54 Å². The van der Waals surface area contributed by atoms with E-state index in [1.165, 1.54) is 6.07 Å². The Morgan fingerprint density at radius 1 is 1.29 bits per heavy atom. The van der Waals surface area contributed by atoms with Gasteiger partial charge in [-0.05, 0) is 25.0 Å². The second kappa shape index (κ2) is 4.99. The fourth-order valence-electron chi connectivity index (χ4n) is 1.86. The molecule has 0 unspecified atom stereocenters. The molecule has 1 fully saturated rings. The molecule has 116 valence electrons. The lowest BCUT2D eigenvalue weighted by Gasteiger charge is -2.15. The van der Waals surface area contributed by atoms with Crippen molar-refractivity contribution in [1.82, 2.24) is 4.72 Å². The number of alkyl halides is 3. The van der Waals surface area contributed by atoms with E-state index in [0.717, 1.165) is 12.1 Å². The van der Waals surface area contributed by atoms with Crippen molar-refractivity contribution in [1.29, 1.82) is 0 Å². The molecular weight excluding hydrogens is 311 g/mol. The SMILES string of the molecule is O=C(O)C1(CNS(=O)(=O)c2ccccc2C(F)(F)F)CC1. The van der Waals surface area contributed by atoms with Gasteiger partial charge < -0.3 is 5.11 Å². The van der Waals surface area contributed by atoms with Crippen molar-refractivity contribution in [2.24, 2.45) is 5.41 Å². The largest absolute Gasteiger partial charge is 0.481 e. The summed E-state index contributed by atoms with van der Waals surface area (Å²) >= 11 is 0. The third kappa shape index (κ3) is 3.18. The second-order valence-electron chi connectivity index (χ2n) is 4.90. The summed E-state index contributed by atoms with van der Waals surface area (Å²) in [4.78, 5) is 10.0. The maximum absolute atomic E-state index is 12.8. The molecule has 0 heterocycles. The average Bonchev–Trinajstić information content (AvgIpc) is 3.17. The first kappa shape index (κ1) is 15.8. The van der Waals surface area contributed by atoms with Crippen molar-refractivity contribution in [3.8, 4) is 0 Å². The van der Waals surface area contributed by atoms with E-state index >= 15 is 0 Å². The first-order valence-electron chi connectivity index (χ1n) is 5.98. The van der Waals surface area contributed by atoms with Gasteiger partial charge in [0.05, 0.1) is 15.9 Å². The van der Waals surface area contributed by atoms with Crippen LogP contribution in [0.1, 0.15) is 18.4 Å². The molecule has 21 heavy (non-hydrogen) atoms. The van der Waals surface area contributed by atoms with Crippen molar-refractivity contribution >= 4 is 16.0 Å². The zero-order chi connectivity index (χ0) is 15.9. The normalized spacial score (nSPS) is 17.5. The summed E-state index contributed by atoms with van der Waals surface area (Å²) in [5, 5.41) is 8.94. The lowest BCUT2D eigenvalue weighted by atomic mass is 10.1. The van der Waals surface area contributed by atoms with Crippen molar-refractivity contribution in [2.45, 2.75) is 23.9 Å². The standard InChI is InChI=1S/C12H12F3NO4S/c13-12(14,15)8-3-1-2-4-9(8)21(19,20)16-7-11(5-6-11)10(17)18/h1-4,16H,5-7H2,(H,17,18). The highest BCUT2D eigenvalue weighted by Crippen LogP contribution is 2.45. The fraction of sp³-hybridized carbons (Fsp3) is 0.417. The first-order chi connectivity index (χ1) is 9.58. The quantitative estimate of drug-likeness (QED) is 0.866. The van der Waals surface area contributed by atoms with Crippen LogP contribution in [0.3, 0.4) is 0 Å². The third-order valence-corrected chi connectivity index (χ3v) is 4.85. The molecule has 9 heteroatoms. The lowest BCUT2D eigenvalue weighted by molar-refractivity contribution is -0.143. The van der Waals surface area contributed by atoms with E-state index < -0.39 is 44.6 Å². The summed E-state index contributed by atoms with van der Waals surface area (Å²) in [6.07, 6.45) is -4.22. The topological polar surface area (TPSA) is 83.5 Å². The van der Waals surface area contributed by atoms with Gasteiger partial charge in [0.1, 0.15) is 0 Å². The van der Waals surface area contributed by atoms with Crippen molar-refractivity contribution < 1.29 is 31.5 Å². The van der Waals surface area contributed by atoms with Gasteiger partial charge in [-0.15, -0.1) is 0 Å². The molecule has 2 N–H and O–H groups in total. The zero-order valence-corrected chi connectivity index (χ0v) is 11.5. The number of carbonyl (C=O) groups is 1. The Hall–Kier alpha value is -1.61. The number of hydrogen-bond donors (Lipinski definition) is 2. The van der Waals surface area contributed by atoms with E-state index in [1.807, 2.05) is 4.72 Å². The maximum Gasteiger partial charge on any atom is 0.417 e. The monoisotopic (exact) mass is 323 g/mol. The van der Waals surface area contributed by atoms with E-state index in [9.17, 15) is 26.4 Å². The van der Waals surface area contributed by atoms with E-state index in [2.05, 4.69) is 0 Å². The number of carboxylic acid groups (broad SMARTS) is 1. The van der Waals surface area contributed by atoms with Crippen LogP contribution < -0.4 is 4.72 Å². The Kier molecular flexibility index (Phi) is 3.75. The Morgan fingerprint density at radius 3 is 2.33 bits per heavy atom. The Morgan fingerprint density at radius 2 is 1.86 bits per heavy atom. The van der Waals surface area contributed by atoms with E-state index in [4.69, 9.17) is 5.11 Å². The molecule has 1 aromatic rings. The van der Waals surface area contributed by atoms with Crippen LogP contribution in [0.2, 0.25) is 0 Å². The average molecular weight is 323 g/mol. The van der Waals surface area contributed by atoms with E-state index in [0.29, 0.717) is 18.9 Å². The smallest absolute Gasteiger partial charge is 0.417 e. The molecule has 0 radical (unpaired) electrons. The summed E-state index contributed by atoms with van der Waals surface area (Å²) in [5.41, 5.74) is -2.47. The number of halogens is 3. The molecule has 0 atom stereocenters. The Labute approximate surface area is 118 Å². The van der Waals surface area contributed by atoms with Gasteiger partial charge in [-0.2, -0.15) is 13.2 Å². The second-order valence-corrected chi connectivity index (χ2v) is 6.64. The number of rotatable bonds is 5. The summed E-state index contributed by atoms with van der Waals surface area (Å²) < 4.78 is 64.4. The van der Waals surface area contributed by atoms with Crippen LogP contribution in [0.15, 0.2) is 29.2 Å². The van der Waals surface area contributed by atoms with Crippen LogP contribution in [0.4, 0.5) is 13.2 Å². The van der Waals surface area contributed by atoms with Crippen LogP contribution in [0.25, 0.3) is 0 Å². The summed E-state index contributed by atoms with van der Waals surface area (Å²) in [6.45, 7) is -0.420. The molecular formula is C12H12F3NO4S. The zero-order valence-electron chi connectivity index (χ0n) is 10.6. The molecule has 0 spiro atoms. The third-order valence-electron chi connectivity index (χ3n) is 3.39. The number of hydrogen-bond acceptors (Lipinski definition) is 3. The minimum Gasteiger partial charge on any atom is -0.481 e. The number of benzene rings is 1. The van der Waals surface area contributed by atoms with Gasteiger partial charge >= 0.3 is 12.1 Å². The van der Waals surface area contributed by atoms with Crippen molar-refractivity contribution in [3.63, 3.8) is 0 Å². The minimum absolute atomic E-state index is 0.297. The van der Waals surface area contributed by atoms with E-state index in [-0.39, 0.29) is 0 Å². The first-order valence-corrected chi connectivity index (χ1v) is 7.46. The van der Waals surface area contributed by atoms with Crippen LogP contribution in [-0.2, 0) is 21.0 Å². The van der Waals surface area contributed by atoms with Gasteiger partial charge in [0.2, 0.25) is 10.0 Å². The lowest BCUT2D eigenvalue weighted by Crippen LogP contribution is -2.35. The molecule has 1 aliphatic carbocycles. The van der Waals surface area contributed by atoms with Crippen LogP contribution in [0.5, 0.6) is 0 Å². The minimum atomic E-state index is -4.81. The number of carboxylic acids is 1. The van der Waals surface area contributed by atoms with E-state index in [1.54, 1.807) is 0 Å². The Bertz CT molecular complexity index is 665. The fourth-order valence-corrected chi connectivity index (χ4v) is 3.22. The van der Waals surface area contributed by atoms with Gasteiger partial charge in [-0.25, -0.2) is 13.1 Å². The molecule has 1 saturated carbocycles. The number of aliphatic carboxylic acids is 1. The molecule has 0 aromatic heterocycles. The molecule has 5 nitrogen and oxygen atoms in total. The molecule has 0 saturated heterocycles. The van der Waals surface area contributed by atoms with Gasteiger partial charge in [0, 0.05) is 6.54 Å². The van der Waals surface area contributed by atoms with Crippen LogP contribution >= 0.6 is 0 Å². The van der Waals surface area contributed by atoms with Crippen LogP contribution in [-0.4, -0.2) is 26.0 Å².